The fourth-order valence-electron chi connectivity index (χ4n) is 0.992. The summed E-state index contributed by atoms with van der Waals surface area (Å²) in [5.41, 5.74) is 1.14. The molecular weight excluding hydrogens is 168 g/mol. The van der Waals surface area contributed by atoms with Gasteiger partial charge in [0.15, 0.2) is 0 Å². The van der Waals surface area contributed by atoms with Crippen LogP contribution in [0.1, 0.15) is 5.56 Å². The first kappa shape index (κ1) is 10.0. The highest BCUT2D eigenvalue weighted by molar-refractivity contribution is 5.27. The molecule has 72 valence electrons. The van der Waals surface area contributed by atoms with Crippen molar-refractivity contribution in [2.45, 2.75) is 13.4 Å². The molecule has 0 heterocycles. The van der Waals surface area contributed by atoms with Crippen molar-refractivity contribution in [3.63, 3.8) is 0 Å². The van der Waals surface area contributed by atoms with Crippen LogP contribution in [0.4, 0.5) is 0 Å². The Morgan fingerprint density at radius 3 is 2.38 bits per heavy atom. The summed E-state index contributed by atoms with van der Waals surface area (Å²) in [4.78, 5) is 0. The molecule has 3 heteroatoms. The quantitative estimate of drug-likeness (QED) is 0.666. The topological polar surface area (TPSA) is 27.7 Å². The van der Waals surface area contributed by atoms with E-state index in [1.807, 2.05) is 31.2 Å². The highest BCUT2D eigenvalue weighted by Crippen LogP contribution is 2.14. The van der Waals surface area contributed by atoms with Gasteiger partial charge in [-0.2, -0.15) is 0 Å². The van der Waals surface area contributed by atoms with Crippen LogP contribution in [0.25, 0.3) is 0 Å². The maximum Gasteiger partial charge on any atom is 0.315 e. The van der Waals surface area contributed by atoms with E-state index in [2.05, 4.69) is 0 Å². The lowest BCUT2D eigenvalue weighted by Crippen LogP contribution is -2.20. The fourth-order valence-corrected chi connectivity index (χ4v) is 0.992. The third kappa shape index (κ3) is 3.05. The zero-order valence-corrected chi connectivity index (χ0v) is 8.11. The van der Waals surface area contributed by atoms with Crippen LogP contribution in [0.5, 0.6) is 5.75 Å². The van der Waals surface area contributed by atoms with E-state index >= 15 is 0 Å². The maximum atomic E-state index is 5.35. The molecule has 13 heavy (non-hydrogen) atoms. The van der Waals surface area contributed by atoms with E-state index in [1.54, 1.807) is 0 Å². The van der Waals surface area contributed by atoms with Crippen LogP contribution in [0, 0.1) is 6.92 Å². The molecule has 0 N–H and O–H groups in total. The van der Waals surface area contributed by atoms with Crippen molar-refractivity contribution in [3.8, 4) is 5.75 Å². The van der Waals surface area contributed by atoms with E-state index in [-0.39, 0.29) is 0 Å². The van der Waals surface area contributed by atoms with Crippen molar-refractivity contribution in [2.75, 3.05) is 14.2 Å². The van der Waals surface area contributed by atoms with E-state index in [0.29, 0.717) is 0 Å². The summed E-state index contributed by atoms with van der Waals surface area (Å²) in [5, 5.41) is 0. The normalized spacial score (nSPS) is 10.5. The van der Waals surface area contributed by atoms with Crippen LogP contribution in [0.2, 0.25) is 0 Å². The van der Waals surface area contributed by atoms with Gasteiger partial charge in [-0.05, 0) is 24.6 Å². The highest BCUT2D eigenvalue weighted by Gasteiger charge is 2.05. The zero-order valence-electron chi connectivity index (χ0n) is 8.11. The third-order valence-electron chi connectivity index (χ3n) is 1.61. The lowest BCUT2D eigenvalue weighted by atomic mass is 10.2. The molecule has 1 rings (SSSR count). The summed E-state index contributed by atoms with van der Waals surface area (Å²) in [6.45, 7) is 1.36. The Morgan fingerprint density at radius 2 is 1.85 bits per heavy atom. The second-order valence-corrected chi connectivity index (χ2v) is 2.69. The minimum absolute atomic E-state index is 0.637. The van der Waals surface area contributed by atoms with Gasteiger partial charge in [-0.3, -0.25) is 0 Å². The molecule has 3 nitrogen and oxygen atoms in total. The average molecular weight is 182 g/mol. The van der Waals surface area contributed by atoms with Gasteiger partial charge in [0, 0.05) is 14.2 Å². The van der Waals surface area contributed by atoms with Crippen molar-refractivity contribution >= 4 is 0 Å². The van der Waals surface area contributed by atoms with Crippen molar-refractivity contribution < 1.29 is 14.2 Å². The number of rotatable bonds is 4. The predicted octanol–water partition coefficient (Wildman–Crippen LogP) is 1.95. The molecule has 1 aromatic rings. The smallest absolute Gasteiger partial charge is 0.315 e. The van der Waals surface area contributed by atoms with Crippen molar-refractivity contribution in [2.24, 2.45) is 0 Å². The molecule has 0 atom stereocenters. The number of hydrogen-bond donors (Lipinski definition) is 0. The largest absolute Gasteiger partial charge is 0.441 e. The van der Waals surface area contributed by atoms with E-state index in [9.17, 15) is 0 Å². The molecular formula is C10H14O3. The summed E-state index contributed by atoms with van der Waals surface area (Å²) < 4.78 is 15.1. The molecule has 0 bridgehead atoms. The Morgan fingerprint density at radius 1 is 1.15 bits per heavy atom. The van der Waals surface area contributed by atoms with Crippen LogP contribution in [0.15, 0.2) is 24.3 Å². The monoisotopic (exact) mass is 182 g/mol. The summed E-state index contributed by atoms with van der Waals surface area (Å²) in [6, 6.07) is 7.71. The first-order chi connectivity index (χ1) is 6.26. The molecule has 0 saturated heterocycles. The molecule has 0 saturated carbocycles. The number of benzene rings is 1. The van der Waals surface area contributed by atoms with Gasteiger partial charge in [0.05, 0.1) is 0 Å². The number of aryl methyl sites for hydroxylation is 1. The van der Waals surface area contributed by atoms with E-state index < -0.39 is 6.48 Å². The van der Waals surface area contributed by atoms with Crippen LogP contribution in [-0.2, 0) is 9.47 Å². The molecule has 0 spiro atoms. The number of hydrogen-bond acceptors (Lipinski definition) is 3. The van der Waals surface area contributed by atoms with Gasteiger partial charge in [-0.25, -0.2) is 0 Å². The summed E-state index contributed by atoms with van der Waals surface area (Å²) in [6.07, 6.45) is 0. The first-order valence-electron chi connectivity index (χ1n) is 4.05. The molecule has 0 amide bonds. The van der Waals surface area contributed by atoms with Crippen molar-refractivity contribution in [3.05, 3.63) is 29.8 Å². The molecule has 0 unspecified atom stereocenters. The minimum atomic E-state index is -0.637. The summed E-state index contributed by atoms with van der Waals surface area (Å²) in [5.74, 6) is 0.744. The Kier molecular flexibility index (Phi) is 3.73. The zero-order chi connectivity index (χ0) is 9.68. The lowest BCUT2D eigenvalue weighted by molar-refractivity contribution is -0.219. The van der Waals surface area contributed by atoms with Gasteiger partial charge in [-0.15, -0.1) is 0 Å². The number of ether oxygens (including phenoxy) is 3. The predicted molar refractivity (Wildman–Crippen MR) is 49.6 cm³/mol. The maximum absolute atomic E-state index is 5.35. The first-order valence-corrected chi connectivity index (χ1v) is 4.05. The summed E-state index contributed by atoms with van der Waals surface area (Å²) >= 11 is 0. The van der Waals surface area contributed by atoms with E-state index in [4.69, 9.17) is 14.2 Å². The Bertz CT molecular complexity index is 256. The minimum Gasteiger partial charge on any atom is -0.441 e. The van der Waals surface area contributed by atoms with Gasteiger partial charge >= 0.3 is 6.48 Å². The molecule has 0 aliphatic carbocycles. The van der Waals surface area contributed by atoms with Crippen LogP contribution >= 0.6 is 0 Å². The second-order valence-electron chi connectivity index (χ2n) is 2.69. The fraction of sp³-hybridized carbons (Fsp3) is 0.400. The Labute approximate surface area is 78.2 Å². The Balaban J connectivity index is 2.62. The van der Waals surface area contributed by atoms with Crippen molar-refractivity contribution in [1.82, 2.24) is 0 Å². The standard InChI is InChI=1S/C10H14O3/c1-8-5-4-6-9(7-8)13-10(11-2)12-3/h4-7,10H,1-3H3. The molecule has 1 aromatic carbocycles. The molecule has 0 fully saturated rings. The molecule has 0 radical (unpaired) electrons. The summed E-state index contributed by atoms with van der Waals surface area (Å²) in [7, 11) is 3.06. The van der Waals surface area contributed by atoms with Gasteiger partial charge in [0.1, 0.15) is 5.75 Å². The van der Waals surface area contributed by atoms with E-state index in [1.165, 1.54) is 14.2 Å². The molecule has 0 aliphatic rings. The van der Waals surface area contributed by atoms with Crippen molar-refractivity contribution in [1.29, 1.82) is 0 Å². The second kappa shape index (κ2) is 4.84. The van der Waals surface area contributed by atoms with Gasteiger partial charge in [-0.1, -0.05) is 12.1 Å². The Hall–Kier alpha value is -1.06. The van der Waals surface area contributed by atoms with Gasteiger partial charge in [0.25, 0.3) is 0 Å². The van der Waals surface area contributed by atoms with Crippen LogP contribution in [-0.4, -0.2) is 20.7 Å². The highest BCUT2D eigenvalue weighted by atomic mass is 16.8. The van der Waals surface area contributed by atoms with Gasteiger partial charge < -0.3 is 14.2 Å². The lowest BCUT2D eigenvalue weighted by Gasteiger charge is -2.15. The van der Waals surface area contributed by atoms with Crippen LogP contribution in [0.3, 0.4) is 0 Å². The van der Waals surface area contributed by atoms with E-state index in [0.717, 1.165) is 11.3 Å². The van der Waals surface area contributed by atoms with Gasteiger partial charge in [0.2, 0.25) is 0 Å². The average Bonchev–Trinajstić information content (AvgIpc) is 2.14. The number of methoxy groups -OCH3 is 2. The molecule has 0 aliphatic heterocycles. The SMILES string of the molecule is COC(OC)Oc1cccc(C)c1. The molecule has 0 aromatic heterocycles. The van der Waals surface area contributed by atoms with Crippen LogP contribution < -0.4 is 4.74 Å². The third-order valence-corrected chi connectivity index (χ3v) is 1.61.